The van der Waals surface area contributed by atoms with Crippen molar-refractivity contribution in [2.75, 3.05) is 31.6 Å². The second-order valence-electron chi connectivity index (χ2n) is 8.00. The quantitative estimate of drug-likeness (QED) is 0.576. The monoisotopic (exact) mass is 460 g/mol. The molecular formula is C23H28N2O6S. The minimum absolute atomic E-state index is 0.118. The van der Waals surface area contributed by atoms with Crippen LogP contribution in [0.2, 0.25) is 0 Å². The number of nitrogens with one attached hydrogen (secondary N) is 1. The molecule has 8 nitrogen and oxygen atoms in total. The van der Waals surface area contributed by atoms with Crippen molar-refractivity contribution in [3.05, 3.63) is 54.1 Å². The van der Waals surface area contributed by atoms with E-state index in [1.807, 2.05) is 13.8 Å². The van der Waals surface area contributed by atoms with E-state index in [4.69, 9.17) is 9.47 Å². The van der Waals surface area contributed by atoms with Crippen molar-refractivity contribution in [3.8, 4) is 5.75 Å². The van der Waals surface area contributed by atoms with Gasteiger partial charge in [-0.25, -0.2) is 13.2 Å². The first-order valence-corrected chi connectivity index (χ1v) is 12.0. The zero-order chi connectivity index (χ0) is 23.1. The summed E-state index contributed by atoms with van der Waals surface area (Å²) in [4.78, 5) is 24.6. The van der Waals surface area contributed by atoms with Crippen LogP contribution < -0.4 is 10.1 Å². The standard InChI is InChI=1S/C23H28N2O6S/c1-17(2)15-30-20-9-5-7-18(13-20)23(27)31-16-22(26)24-19-8-6-10-21(14-19)32(28,29)25-11-3-4-12-25/h5-10,13-14,17H,3-4,11-12,15-16H2,1-2H3,(H,24,26). The minimum atomic E-state index is -3.59. The number of nitrogens with zero attached hydrogens (tertiary/aromatic N) is 1. The molecule has 1 fully saturated rings. The molecule has 0 aromatic heterocycles. The van der Waals surface area contributed by atoms with Crippen molar-refractivity contribution in [1.29, 1.82) is 0 Å². The fraction of sp³-hybridized carbons (Fsp3) is 0.391. The molecule has 1 N–H and O–H groups in total. The highest BCUT2D eigenvalue weighted by molar-refractivity contribution is 7.89. The van der Waals surface area contributed by atoms with E-state index >= 15 is 0 Å². The third-order valence-electron chi connectivity index (χ3n) is 4.81. The summed E-state index contributed by atoms with van der Waals surface area (Å²) in [6, 6.07) is 12.6. The molecule has 0 radical (unpaired) electrons. The van der Waals surface area contributed by atoms with E-state index in [2.05, 4.69) is 5.32 Å². The van der Waals surface area contributed by atoms with E-state index in [0.29, 0.717) is 37.1 Å². The second kappa shape index (κ2) is 10.6. The number of hydrogen-bond acceptors (Lipinski definition) is 6. The van der Waals surface area contributed by atoms with E-state index in [1.54, 1.807) is 36.4 Å². The van der Waals surface area contributed by atoms with Gasteiger partial charge < -0.3 is 14.8 Å². The van der Waals surface area contributed by atoms with Gasteiger partial charge in [-0.1, -0.05) is 26.0 Å². The summed E-state index contributed by atoms with van der Waals surface area (Å²) in [6.07, 6.45) is 1.68. The Morgan fingerprint density at radius 1 is 1.06 bits per heavy atom. The fourth-order valence-electron chi connectivity index (χ4n) is 3.20. The zero-order valence-electron chi connectivity index (χ0n) is 18.2. The molecule has 2 aromatic rings. The van der Waals surface area contributed by atoms with Crippen molar-refractivity contribution in [2.45, 2.75) is 31.6 Å². The van der Waals surface area contributed by atoms with Crippen LogP contribution in [0.1, 0.15) is 37.0 Å². The summed E-state index contributed by atoms with van der Waals surface area (Å²) < 4.78 is 37.5. The molecule has 0 saturated carbocycles. The van der Waals surface area contributed by atoms with E-state index < -0.39 is 28.5 Å². The SMILES string of the molecule is CC(C)COc1cccc(C(=O)OCC(=O)Nc2cccc(S(=O)(=O)N3CCCC3)c2)c1. The number of esters is 1. The highest BCUT2D eigenvalue weighted by Gasteiger charge is 2.27. The molecule has 0 bridgehead atoms. The highest BCUT2D eigenvalue weighted by atomic mass is 32.2. The number of anilines is 1. The molecule has 32 heavy (non-hydrogen) atoms. The van der Waals surface area contributed by atoms with Crippen LogP contribution in [0.15, 0.2) is 53.4 Å². The smallest absolute Gasteiger partial charge is 0.338 e. The molecule has 0 aliphatic carbocycles. The Morgan fingerprint density at radius 2 is 1.78 bits per heavy atom. The Kier molecular flexibility index (Phi) is 7.87. The summed E-state index contributed by atoms with van der Waals surface area (Å²) in [5.41, 5.74) is 0.591. The maximum Gasteiger partial charge on any atom is 0.338 e. The minimum Gasteiger partial charge on any atom is -0.493 e. The van der Waals surface area contributed by atoms with Crippen molar-refractivity contribution in [2.24, 2.45) is 5.92 Å². The Morgan fingerprint density at radius 3 is 2.50 bits per heavy atom. The second-order valence-corrected chi connectivity index (χ2v) is 9.93. The lowest BCUT2D eigenvalue weighted by Crippen LogP contribution is -2.28. The lowest BCUT2D eigenvalue weighted by Gasteiger charge is -2.16. The summed E-state index contributed by atoms with van der Waals surface area (Å²) in [7, 11) is -3.59. The Labute approximate surface area is 188 Å². The molecule has 0 atom stereocenters. The van der Waals surface area contributed by atoms with Crippen LogP contribution >= 0.6 is 0 Å². The van der Waals surface area contributed by atoms with Gasteiger partial charge in [0, 0.05) is 18.8 Å². The van der Waals surface area contributed by atoms with E-state index in [0.717, 1.165) is 12.8 Å². The van der Waals surface area contributed by atoms with Crippen molar-refractivity contribution in [3.63, 3.8) is 0 Å². The molecule has 1 heterocycles. The first-order chi connectivity index (χ1) is 15.3. The molecular weight excluding hydrogens is 432 g/mol. The first kappa shape index (κ1) is 23.7. The third kappa shape index (κ3) is 6.30. The van der Waals surface area contributed by atoms with Gasteiger partial charge in [0.25, 0.3) is 5.91 Å². The summed E-state index contributed by atoms with van der Waals surface area (Å²) in [5, 5.41) is 2.57. The molecule has 1 aliphatic heterocycles. The first-order valence-electron chi connectivity index (χ1n) is 10.6. The normalized spacial score (nSPS) is 14.3. The van der Waals surface area contributed by atoms with Crippen LogP contribution in [0.3, 0.4) is 0 Å². The van der Waals surface area contributed by atoms with Crippen LogP contribution in [0.25, 0.3) is 0 Å². The van der Waals surface area contributed by atoms with E-state index in [1.165, 1.54) is 16.4 Å². The molecule has 0 unspecified atom stereocenters. The van der Waals surface area contributed by atoms with Gasteiger partial charge in [-0.2, -0.15) is 4.31 Å². The molecule has 2 aromatic carbocycles. The maximum absolute atomic E-state index is 12.7. The molecule has 172 valence electrons. The summed E-state index contributed by atoms with van der Waals surface area (Å²) in [5.74, 6) is -0.325. The molecule has 0 spiro atoms. The predicted octanol–water partition coefficient (Wildman–Crippen LogP) is 3.30. The van der Waals surface area contributed by atoms with Gasteiger partial charge >= 0.3 is 5.97 Å². The number of amides is 1. The van der Waals surface area contributed by atoms with Gasteiger partial charge in [0.05, 0.1) is 17.1 Å². The van der Waals surface area contributed by atoms with Gasteiger partial charge in [-0.05, 0) is 55.2 Å². The molecule has 9 heteroatoms. The van der Waals surface area contributed by atoms with Crippen molar-refractivity contribution < 1.29 is 27.5 Å². The van der Waals surface area contributed by atoms with Gasteiger partial charge in [0.2, 0.25) is 10.0 Å². The van der Waals surface area contributed by atoms with Gasteiger partial charge in [-0.15, -0.1) is 0 Å². The lowest BCUT2D eigenvalue weighted by molar-refractivity contribution is -0.119. The van der Waals surface area contributed by atoms with E-state index in [-0.39, 0.29) is 10.5 Å². The number of ether oxygens (including phenoxy) is 2. The van der Waals surface area contributed by atoms with Crippen LogP contribution in [0.4, 0.5) is 5.69 Å². The largest absolute Gasteiger partial charge is 0.493 e. The average molecular weight is 461 g/mol. The van der Waals surface area contributed by atoms with Crippen molar-refractivity contribution in [1.82, 2.24) is 4.31 Å². The number of carbonyl (C=O) groups is 2. The van der Waals surface area contributed by atoms with Crippen LogP contribution in [0, 0.1) is 5.92 Å². The Balaban J connectivity index is 1.56. The van der Waals surface area contributed by atoms with Gasteiger partial charge in [0.1, 0.15) is 5.75 Å². The van der Waals surface area contributed by atoms with E-state index in [9.17, 15) is 18.0 Å². The summed E-state index contributed by atoms with van der Waals surface area (Å²) in [6.45, 7) is 5.06. The average Bonchev–Trinajstić information content (AvgIpc) is 3.32. The zero-order valence-corrected chi connectivity index (χ0v) is 19.1. The molecule has 1 amide bonds. The molecule has 1 aliphatic rings. The van der Waals surface area contributed by atoms with Gasteiger partial charge in [0.15, 0.2) is 6.61 Å². The number of rotatable bonds is 9. The molecule has 1 saturated heterocycles. The van der Waals surface area contributed by atoms with Gasteiger partial charge in [-0.3, -0.25) is 4.79 Å². The van der Waals surface area contributed by atoms with Crippen molar-refractivity contribution >= 4 is 27.6 Å². The third-order valence-corrected chi connectivity index (χ3v) is 6.70. The topological polar surface area (TPSA) is 102 Å². The Hall–Kier alpha value is -2.91. The maximum atomic E-state index is 12.7. The molecule has 3 rings (SSSR count). The lowest BCUT2D eigenvalue weighted by atomic mass is 10.2. The number of sulfonamides is 1. The highest BCUT2D eigenvalue weighted by Crippen LogP contribution is 2.23. The summed E-state index contributed by atoms with van der Waals surface area (Å²) >= 11 is 0. The Bertz CT molecular complexity index is 1060. The number of benzene rings is 2. The number of carbonyl (C=O) groups excluding carboxylic acids is 2. The van der Waals surface area contributed by atoms with Crippen LogP contribution in [-0.2, 0) is 19.6 Å². The van der Waals surface area contributed by atoms with Crippen LogP contribution in [-0.4, -0.2) is 50.9 Å². The predicted molar refractivity (Wildman–Crippen MR) is 120 cm³/mol. The fourth-order valence-corrected chi connectivity index (χ4v) is 4.76. The van der Waals surface area contributed by atoms with Crippen LogP contribution in [0.5, 0.6) is 5.75 Å². The number of hydrogen-bond donors (Lipinski definition) is 1.